The Hall–Kier alpha value is -5.10. The Labute approximate surface area is 213 Å². The van der Waals surface area contributed by atoms with Gasteiger partial charge in [-0.2, -0.15) is 4.57 Å². The van der Waals surface area contributed by atoms with Crippen molar-refractivity contribution in [3.8, 4) is 39.6 Å². The molecule has 0 atom stereocenters. The van der Waals surface area contributed by atoms with Crippen LogP contribution < -0.4 is 4.57 Å². The molecule has 0 radical (unpaired) electrons. The summed E-state index contributed by atoms with van der Waals surface area (Å²) in [7, 11) is 1.90. The van der Waals surface area contributed by atoms with Gasteiger partial charge in [-0.1, -0.05) is 96.0 Å². The van der Waals surface area contributed by atoms with Crippen LogP contribution in [0.3, 0.4) is 0 Å². The minimum Gasteiger partial charge on any atom is -0.258 e. The van der Waals surface area contributed by atoms with Gasteiger partial charge in [0.15, 0.2) is 11.0 Å². The van der Waals surface area contributed by atoms with E-state index in [0.717, 1.165) is 33.6 Å². The Morgan fingerprint density at radius 3 is 1.70 bits per heavy atom. The second-order valence-corrected chi connectivity index (χ2v) is 8.85. The minimum atomic E-state index is -0.376. The van der Waals surface area contributed by atoms with Gasteiger partial charge in [0, 0.05) is 17.2 Å². The van der Waals surface area contributed by atoms with Gasteiger partial charge in [-0.25, -0.2) is 4.57 Å². The normalized spacial score (nSPS) is 11.1. The van der Waals surface area contributed by atoms with Gasteiger partial charge in [0.1, 0.15) is 11.4 Å². The summed E-state index contributed by atoms with van der Waals surface area (Å²) >= 11 is 0. The highest BCUT2D eigenvalue weighted by molar-refractivity contribution is 5.80. The summed E-state index contributed by atoms with van der Waals surface area (Å²) < 4.78 is 4.06. The highest BCUT2D eigenvalue weighted by atomic mass is 16.6. The summed E-state index contributed by atoms with van der Waals surface area (Å²) in [5.74, 6) is 0.674. The van der Waals surface area contributed by atoms with Crippen molar-refractivity contribution in [3.63, 3.8) is 0 Å². The molecule has 0 bridgehead atoms. The van der Waals surface area contributed by atoms with E-state index in [1.807, 2.05) is 66.2 Å². The molecule has 0 fully saturated rings. The van der Waals surface area contributed by atoms with E-state index >= 15 is 0 Å². The Kier molecular flexibility index (Phi) is 5.54. The molecule has 0 saturated carbocycles. The minimum absolute atomic E-state index is 0.0399. The number of aromatic nitrogens is 3. The zero-order valence-corrected chi connectivity index (χ0v) is 20.2. The average Bonchev–Trinajstić information content (AvgIpc) is 3.29. The molecule has 0 N–H and O–H groups in total. The maximum absolute atomic E-state index is 11.5. The van der Waals surface area contributed by atoms with Crippen LogP contribution in [0, 0.1) is 10.1 Å². The molecule has 2 aromatic heterocycles. The molecule has 2 heterocycles. The summed E-state index contributed by atoms with van der Waals surface area (Å²) in [6, 6.07) is 39.9. The van der Waals surface area contributed by atoms with Crippen molar-refractivity contribution < 1.29 is 9.49 Å². The summed E-state index contributed by atoms with van der Waals surface area (Å²) in [5, 5.41) is 11.5. The smallest absolute Gasteiger partial charge is 0.258 e. The topological polar surface area (TPSA) is 64.8 Å². The molecule has 6 heteroatoms. The zero-order valence-electron chi connectivity index (χ0n) is 20.2. The third-order valence-corrected chi connectivity index (χ3v) is 6.56. The molecule has 37 heavy (non-hydrogen) atoms. The van der Waals surface area contributed by atoms with E-state index in [1.54, 1.807) is 12.1 Å². The van der Waals surface area contributed by atoms with Gasteiger partial charge >= 0.3 is 5.95 Å². The van der Waals surface area contributed by atoms with E-state index in [2.05, 4.69) is 53.1 Å². The molecule has 178 valence electrons. The van der Waals surface area contributed by atoms with Crippen LogP contribution >= 0.6 is 0 Å². The van der Waals surface area contributed by atoms with Crippen molar-refractivity contribution in [2.75, 3.05) is 0 Å². The van der Waals surface area contributed by atoms with Gasteiger partial charge in [-0.3, -0.25) is 10.1 Å². The van der Waals surface area contributed by atoms with Crippen molar-refractivity contribution in [1.29, 1.82) is 0 Å². The maximum Gasteiger partial charge on any atom is 0.405 e. The first kappa shape index (κ1) is 22.4. The quantitative estimate of drug-likeness (QED) is 0.155. The Morgan fingerprint density at radius 2 is 1.19 bits per heavy atom. The van der Waals surface area contributed by atoms with Crippen molar-refractivity contribution in [1.82, 2.24) is 9.55 Å². The van der Waals surface area contributed by atoms with Gasteiger partial charge in [0.2, 0.25) is 0 Å². The van der Waals surface area contributed by atoms with Crippen molar-refractivity contribution in [2.24, 2.45) is 7.05 Å². The molecule has 6 aromatic rings. The Bertz CT molecular complexity index is 1680. The third kappa shape index (κ3) is 4.04. The highest BCUT2D eigenvalue weighted by Gasteiger charge is 2.27. The zero-order chi connectivity index (χ0) is 25.4. The number of nitro benzene ring substituents is 1. The number of non-ortho nitro benzene ring substituents is 1. The van der Waals surface area contributed by atoms with E-state index in [9.17, 15) is 10.1 Å². The Morgan fingerprint density at radius 1 is 0.676 bits per heavy atom. The number of aryl methyl sites for hydroxylation is 1. The van der Waals surface area contributed by atoms with Crippen LogP contribution in [0.1, 0.15) is 0 Å². The van der Waals surface area contributed by atoms with Crippen LogP contribution in [0.5, 0.6) is 0 Å². The largest absolute Gasteiger partial charge is 0.405 e. The highest BCUT2D eigenvalue weighted by Crippen LogP contribution is 2.31. The molecule has 0 aliphatic heterocycles. The molecule has 0 unspecified atom stereocenters. The third-order valence-electron chi connectivity index (χ3n) is 6.56. The monoisotopic (exact) mass is 483 g/mol. The van der Waals surface area contributed by atoms with Crippen molar-refractivity contribution in [2.45, 2.75) is 0 Å². The molecule has 0 aliphatic carbocycles. The van der Waals surface area contributed by atoms with Gasteiger partial charge < -0.3 is 0 Å². The fourth-order valence-corrected chi connectivity index (χ4v) is 4.73. The fourth-order valence-electron chi connectivity index (χ4n) is 4.73. The van der Waals surface area contributed by atoms with E-state index in [1.165, 1.54) is 6.07 Å². The molecule has 0 saturated heterocycles. The summed E-state index contributed by atoms with van der Waals surface area (Å²) in [6.45, 7) is 0. The molecule has 0 aliphatic rings. The van der Waals surface area contributed by atoms with E-state index in [-0.39, 0.29) is 10.6 Å². The summed E-state index contributed by atoms with van der Waals surface area (Å²) in [6.07, 6.45) is 0. The number of imidazole rings is 1. The number of pyridine rings is 1. The van der Waals surface area contributed by atoms with Crippen LogP contribution in [0.25, 0.3) is 50.6 Å². The van der Waals surface area contributed by atoms with Crippen LogP contribution in [-0.4, -0.2) is 14.5 Å². The molecule has 0 amide bonds. The predicted octanol–water partition coefficient (Wildman–Crippen LogP) is 6.76. The number of hydrogen-bond donors (Lipinski definition) is 0. The lowest BCUT2D eigenvalue weighted by Crippen LogP contribution is -2.39. The first-order valence-electron chi connectivity index (χ1n) is 12.0. The second-order valence-electron chi connectivity index (χ2n) is 8.85. The predicted molar refractivity (Wildman–Crippen MR) is 145 cm³/mol. The maximum atomic E-state index is 11.5. The number of hydrogen-bond acceptors (Lipinski definition) is 3. The van der Waals surface area contributed by atoms with Gasteiger partial charge in [0.05, 0.1) is 18.0 Å². The lowest BCUT2D eigenvalue weighted by Gasteiger charge is -2.16. The summed E-state index contributed by atoms with van der Waals surface area (Å²) in [4.78, 5) is 16.0. The Balaban J connectivity index is 1.72. The van der Waals surface area contributed by atoms with Crippen molar-refractivity contribution >= 4 is 16.7 Å². The molecular weight excluding hydrogens is 460 g/mol. The lowest BCUT2D eigenvalue weighted by molar-refractivity contribution is -0.581. The SMILES string of the molecule is Cn1c(-[n+]2c(-c3ccccc3)cc(-c3ccccc3)cc2-c2ccccc2)nc2ccc([N+](=O)[O-])cc21. The molecule has 0 spiro atoms. The average molecular weight is 484 g/mol. The first-order chi connectivity index (χ1) is 18.1. The van der Waals surface area contributed by atoms with Crippen LogP contribution in [-0.2, 0) is 7.05 Å². The van der Waals surface area contributed by atoms with E-state index in [0.29, 0.717) is 17.0 Å². The van der Waals surface area contributed by atoms with Crippen LogP contribution in [0.2, 0.25) is 0 Å². The number of rotatable bonds is 5. The first-order valence-corrected chi connectivity index (χ1v) is 12.0. The standard InChI is InChI=1S/C31H23N4O2/c1-33-30-21-26(35(36)37)17-18-27(30)32-31(33)34-28(23-13-7-3-8-14-23)19-25(22-11-5-2-6-12-22)20-29(34)24-15-9-4-10-16-24/h2-21H,1H3/q+1. The lowest BCUT2D eigenvalue weighted by atomic mass is 9.99. The van der Waals surface area contributed by atoms with Crippen LogP contribution in [0.15, 0.2) is 121 Å². The van der Waals surface area contributed by atoms with E-state index < -0.39 is 0 Å². The number of benzene rings is 4. The number of nitro groups is 1. The van der Waals surface area contributed by atoms with E-state index in [4.69, 9.17) is 4.98 Å². The van der Waals surface area contributed by atoms with Gasteiger partial charge in [0.25, 0.3) is 5.69 Å². The van der Waals surface area contributed by atoms with Crippen LogP contribution in [0.4, 0.5) is 5.69 Å². The van der Waals surface area contributed by atoms with Gasteiger partial charge in [-0.15, -0.1) is 0 Å². The number of fused-ring (bicyclic) bond motifs is 1. The van der Waals surface area contributed by atoms with Crippen molar-refractivity contribution in [3.05, 3.63) is 131 Å². The second kappa shape index (κ2) is 9.17. The molecule has 4 aromatic carbocycles. The molecule has 6 nitrogen and oxygen atoms in total. The summed E-state index contributed by atoms with van der Waals surface area (Å²) in [5.41, 5.74) is 7.64. The molecule has 6 rings (SSSR count). The van der Waals surface area contributed by atoms with Gasteiger partial charge in [-0.05, 0) is 29.3 Å². The molecular formula is C31H23N4O2+. The number of nitrogens with zero attached hydrogens (tertiary/aromatic N) is 4. The fraction of sp³-hybridized carbons (Fsp3) is 0.0323.